The first-order valence-corrected chi connectivity index (χ1v) is 13.0. The Morgan fingerprint density at radius 1 is 1.16 bits per heavy atom. The van der Waals surface area contributed by atoms with Gasteiger partial charge in [-0.15, -0.1) is 0 Å². The molecule has 0 spiro atoms. The number of hydrogen-bond acceptors (Lipinski definition) is 8. The van der Waals surface area contributed by atoms with Crippen LogP contribution in [0.2, 0.25) is 5.02 Å². The summed E-state index contributed by atoms with van der Waals surface area (Å²) in [6, 6.07) is 4.70. The number of carbonyl (C=O) groups is 3. The van der Waals surface area contributed by atoms with E-state index in [1.54, 1.807) is 12.1 Å². The molecule has 4 rings (SSSR count). The number of likely N-dealkylation sites (N-methyl/N-ethyl adjacent to an activating group) is 1. The fourth-order valence-electron chi connectivity index (χ4n) is 3.92. The molecule has 4 N–H and O–H groups in total. The van der Waals surface area contributed by atoms with Crippen LogP contribution in [0.4, 0.5) is 24.7 Å². The molecule has 17 heteroatoms. The summed E-state index contributed by atoms with van der Waals surface area (Å²) in [5.41, 5.74) is 0.00642. The second-order valence-corrected chi connectivity index (χ2v) is 10.5. The van der Waals surface area contributed by atoms with Crippen molar-refractivity contribution in [1.29, 1.82) is 0 Å². The summed E-state index contributed by atoms with van der Waals surface area (Å²) in [6.45, 7) is 0.639. The van der Waals surface area contributed by atoms with Gasteiger partial charge < -0.3 is 30.3 Å². The zero-order chi connectivity index (χ0) is 31.8. The molecule has 0 aliphatic rings. The zero-order valence-electron chi connectivity index (χ0n) is 23.3. The maximum Gasteiger partial charge on any atom is 0.435 e. The number of alkyl halides is 3. The highest BCUT2D eigenvalue weighted by Crippen LogP contribution is 2.36. The number of nitrogens with zero attached hydrogens (tertiary/aromatic N) is 5. The highest BCUT2D eigenvalue weighted by atomic mass is 35.5. The number of nitrogens with one attached hydrogen (secondary N) is 4. The van der Waals surface area contributed by atoms with Crippen LogP contribution in [0.3, 0.4) is 0 Å². The molecule has 3 aromatic heterocycles. The van der Waals surface area contributed by atoms with Gasteiger partial charge in [0.05, 0.1) is 49.2 Å². The third-order valence-electron chi connectivity index (χ3n) is 5.67. The molecule has 1 aromatic carbocycles. The van der Waals surface area contributed by atoms with E-state index in [0.29, 0.717) is 36.2 Å². The molecule has 13 nitrogen and oxygen atoms in total. The highest BCUT2D eigenvalue weighted by Gasteiger charge is 2.37. The third kappa shape index (κ3) is 8.89. The van der Waals surface area contributed by atoms with Gasteiger partial charge in [0.25, 0.3) is 11.8 Å². The predicted octanol–water partition coefficient (Wildman–Crippen LogP) is 1.84. The summed E-state index contributed by atoms with van der Waals surface area (Å²) in [5.74, 6) is -0.159. The monoisotopic (exact) mass is 623 g/mol. The van der Waals surface area contributed by atoms with Gasteiger partial charge in [0.2, 0.25) is 0 Å². The third-order valence-corrected chi connectivity index (χ3v) is 5.98. The van der Waals surface area contributed by atoms with E-state index in [1.165, 1.54) is 29.1 Å². The van der Waals surface area contributed by atoms with E-state index in [-0.39, 0.29) is 45.1 Å². The average molecular weight is 624 g/mol. The smallest absolute Gasteiger partial charge is 0.435 e. The maximum atomic E-state index is 13.4. The van der Waals surface area contributed by atoms with Crippen LogP contribution in [0.15, 0.2) is 43.0 Å². The van der Waals surface area contributed by atoms with Crippen LogP contribution in [-0.2, 0) is 15.8 Å². The molecule has 0 bridgehead atoms. The van der Waals surface area contributed by atoms with Crippen molar-refractivity contribution in [1.82, 2.24) is 35.2 Å². The molecule has 3 heterocycles. The Morgan fingerprint density at radius 2 is 1.86 bits per heavy atom. The van der Waals surface area contributed by atoms with Crippen LogP contribution in [0.5, 0.6) is 0 Å². The van der Waals surface area contributed by atoms with Crippen molar-refractivity contribution in [3.05, 3.63) is 59.3 Å². The molecule has 0 saturated carbocycles. The fourth-order valence-corrected chi connectivity index (χ4v) is 4.19. The van der Waals surface area contributed by atoms with Crippen molar-refractivity contribution in [2.24, 2.45) is 0 Å². The van der Waals surface area contributed by atoms with Crippen molar-refractivity contribution >= 4 is 47.0 Å². The van der Waals surface area contributed by atoms with Gasteiger partial charge in [-0.3, -0.25) is 19.1 Å². The van der Waals surface area contributed by atoms with Gasteiger partial charge in [-0.05, 0) is 24.6 Å². The summed E-state index contributed by atoms with van der Waals surface area (Å²) in [5, 5.41) is 22.7. The standard InChI is InChI=1S/C25H27ClF3N9O2.CH2O2/c1-38(2,3)14-20(39)30-7-4-8-32-24(40)16-6-5-15(11-18(16)26)35-22-23-33-13-19(37(23)10-9-31-22)17-12-34-36-21(17)25(27,28)29;2-1-3/h5-6,9-13H,4,7-8,14H2,1-3H3,(H3-,30,31,32,34,35,36,39,40);1H,(H,2,3). The number of benzene rings is 1. The lowest BCUT2D eigenvalue weighted by atomic mass is 10.2. The van der Waals surface area contributed by atoms with Gasteiger partial charge in [-0.1, -0.05) is 11.6 Å². The topological polar surface area (TPSA) is 169 Å². The number of carbonyl (C=O) groups excluding carboxylic acids is 3. The Kier molecular flexibility index (Phi) is 10.7. The minimum absolute atomic E-state index is 0.0609. The lowest BCUT2D eigenvalue weighted by molar-refractivity contribution is -0.862. The van der Waals surface area contributed by atoms with Crippen molar-refractivity contribution < 1.29 is 37.1 Å². The molecule has 0 saturated heterocycles. The number of fused-ring (bicyclic) bond motifs is 1. The average Bonchev–Trinajstić information content (AvgIpc) is 3.56. The van der Waals surface area contributed by atoms with Crippen molar-refractivity contribution in [3.8, 4) is 11.3 Å². The number of quaternary nitrogens is 1. The molecule has 43 heavy (non-hydrogen) atoms. The molecular weight excluding hydrogens is 595 g/mol. The summed E-state index contributed by atoms with van der Waals surface area (Å²) in [4.78, 5) is 41.2. The van der Waals surface area contributed by atoms with E-state index in [9.17, 15) is 22.8 Å². The SMILES string of the molecule is C[N+](C)(C)CC(=O)NCCCNC(=O)c1ccc(Nc2nccn3c(-c4c[nH]nc4C(F)(F)F)cnc23)cc1Cl.O=C[O-]. The van der Waals surface area contributed by atoms with Crippen LogP contribution >= 0.6 is 11.6 Å². The van der Waals surface area contributed by atoms with Crippen LogP contribution in [-0.4, -0.2) is 88.1 Å². The molecular formula is C26H29ClF3N9O4. The lowest BCUT2D eigenvalue weighted by Gasteiger charge is -2.22. The fraction of sp³-hybridized carbons (Fsp3) is 0.308. The second-order valence-electron chi connectivity index (χ2n) is 10.1. The minimum atomic E-state index is -4.64. The van der Waals surface area contributed by atoms with E-state index in [0.717, 1.165) is 6.20 Å². The Bertz CT molecular complexity index is 1580. The second kappa shape index (κ2) is 14.0. The number of aromatic nitrogens is 5. The minimum Gasteiger partial charge on any atom is -0.554 e. The summed E-state index contributed by atoms with van der Waals surface area (Å²) in [6.07, 6.45) is 1.29. The number of H-pyrrole nitrogens is 1. The molecule has 230 valence electrons. The van der Waals surface area contributed by atoms with Gasteiger partial charge >= 0.3 is 6.18 Å². The van der Waals surface area contributed by atoms with E-state index in [1.807, 2.05) is 21.1 Å². The summed E-state index contributed by atoms with van der Waals surface area (Å²) in [7, 11) is 5.77. The molecule has 0 aliphatic heterocycles. The molecule has 2 amide bonds. The van der Waals surface area contributed by atoms with Crippen molar-refractivity contribution in [3.63, 3.8) is 0 Å². The molecule has 0 fully saturated rings. The van der Waals surface area contributed by atoms with Crippen molar-refractivity contribution in [2.45, 2.75) is 12.6 Å². The van der Waals surface area contributed by atoms with Gasteiger partial charge in [-0.25, -0.2) is 9.97 Å². The highest BCUT2D eigenvalue weighted by molar-refractivity contribution is 6.34. The maximum absolute atomic E-state index is 13.4. The van der Waals surface area contributed by atoms with Gasteiger partial charge in [-0.2, -0.15) is 18.3 Å². The Hall–Kier alpha value is -4.70. The summed E-state index contributed by atoms with van der Waals surface area (Å²) < 4.78 is 42.1. The first-order chi connectivity index (χ1) is 20.2. The Balaban J connectivity index is 0.00000162. The zero-order valence-corrected chi connectivity index (χ0v) is 24.1. The normalized spacial score (nSPS) is 11.4. The molecule has 0 radical (unpaired) electrons. The number of hydrogen-bond donors (Lipinski definition) is 4. The quantitative estimate of drug-likeness (QED) is 0.118. The number of rotatable bonds is 10. The largest absolute Gasteiger partial charge is 0.554 e. The molecule has 0 unspecified atom stereocenters. The van der Waals surface area contributed by atoms with Crippen molar-refractivity contribution in [2.75, 3.05) is 46.1 Å². The number of halogens is 4. The van der Waals surface area contributed by atoms with E-state index < -0.39 is 18.3 Å². The van der Waals surface area contributed by atoms with Crippen LogP contribution in [0.1, 0.15) is 22.5 Å². The lowest BCUT2D eigenvalue weighted by Crippen LogP contribution is -2.44. The number of carboxylic acid groups (broad SMARTS) is 1. The van der Waals surface area contributed by atoms with Crippen LogP contribution in [0, 0.1) is 0 Å². The molecule has 4 aromatic rings. The molecule has 0 atom stereocenters. The van der Waals surface area contributed by atoms with Gasteiger partial charge in [0.15, 0.2) is 23.7 Å². The predicted molar refractivity (Wildman–Crippen MR) is 149 cm³/mol. The Labute approximate surface area is 248 Å². The first-order valence-electron chi connectivity index (χ1n) is 12.7. The number of anilines is 2. The number of aromatic amines is 1. The Morgan fingerprint density at radius 3 is 2.51 bits per heavy atom. The van der Waals surface area contributed by atoms with E-state index in [2.05, 4.69) is 36.1 Å². The van der Waals surface area contributed by atoms with Crippen LogP contribution < -0.4 is 21.1 Å². The number of imidazole rings is 1. The van der Waals surface area contributed by atoms with Gasteiger partial charge in [0, 0.05) is 43.8 Å². The van der Waals surface area contributed by atoms with Crippen LogP contribution in [0.25, 0.3) is 16.9 Å². The number of amides is 2. The summed E-state index contributed by atoms with van der Waals surface area (Å²) >= 11 is 6.37. The van der Waals surface area contributed by atoms with E-state index in [4.69, 9.17) is 21.5 Å². The van der Waals surface area contributed by atoms with E-state index >= 15 is 0 Å². The van der Waals surface area contributed by atoms with Gasteiger partial charge in [0.1, 0.15) is 0 Å². The molecule has 0 aliphatic carbocycles. The first kappa shape index (κ1) is 32.8.